The molecular weight excluding hydrogens is 418 g/mol. The third-order valence-electron chi connectivity index (χ3n) is 9.85. The van der Waals surface area contributed by atoms with Crippen molar-refractivity contribution in [2.75, 3.05) is 0 Å². The number of hydrogen-bond acceptors (Lipinski definition) is 5. The molecule has 1 heterocycles. The van der Waals surface area contributed by atoms with E-state index in [1.165, 1.54) is 18.4 Å². The Morgan fingerprint density at radius 3 is 2.36 bits per heavy atom. The average molecular weight is 458 g/mol. The Morgan fingerprint density at radius 2 is 1.79 bits per heavy atom. The zero-order valence-corrected chi connectivity index (χ0v) is 20.4. The van der Waals surface area contributed by atoms with Gasteiger partial charge in [-0.1, -0.05) is 39.8 Å². The largest absolute Gasteiger partial charge is 0.480 e. The molecule has 0 aromatic rings. The third kappa shape index (κ3) is 3.78. The number of rotatable bonds is 2. The van der Waals surface area contributed by atoms with Crippen LogP contribution in [0.25, 0.3) is 0 Å². The number of hydrogen-bond donors (Lipinski definition) is 2. The normalized spacial score (nSPS) is 42.0. The molecule has 1 spiro atoms. The standard InChI is InChI=1S/C22H28O3.C5H11NO2/c1-20-9-5-15(23)13-14(20)3-4-16-17(20)6-10-21(2)18(16)7-11-22(21)12-8-19(24)25-22;1-3(2)4(6)5(7)8/h3-4,13,16-18H,5-12H2,1-2H3;3-4H,6H2,1-2H3,(H,7,8)/t16-,17+,18+,20+,21+,22-;4-/m10/s1. The topological polar surface area (TPSA) is 107 Å². The molecule has 0 aromatic heterocycles. The minimum Gasteiger partial charge on any atom is -0.480 e. The van der Waals surface area contributed by atoms with Gasteiger partial charge in [-0.05, 0) is 79.3 Å². The van der Waals surface area contributed by atoms with Crippen LogP contribution in [0.2, 0.25) is 0 Å². The monoisotopic (exact) mass is 457 g/mol. The predicted molar refractivity (Wildman–Crippen MR) is 125 cm³/mol. The van der Waals surface area contributed by atoms with Gasteiger partial charge in [0.2, 0.25) is 0 Å². The third-order valence-corrected chi connectivity index (χ3v) is 9.85. The molecule has 0 amide bonds. The summed E-state index contributed by atoms with van der Waals surface area (Å²) in [4.78, 5) is 33.8. The fraction of sp³-hybridized carbons (Fsp3) is 0.741. The van der Waals surface area contributed by atoms with E-state index in [9.17, 15) is 14.4 Å². The minimum absolute atomic E-state index is 0.00570. The summed E-state index contributed by atoms with van der Waals surface area (Å²) in [6, 6.07) is -0.713. The molecule has 2 saturated carbocycles. The quantitative estimate of drug-likeness (QED) is 0.594. The van der Waals surface area contributed by atoms with Crippen molar-refractivity contribution < 1.29 is 24.2 Å². The van der Waals surface area contributed by atoms with Gasteiger partial charge in [-0.3, -0.25) is 14.4 Å². The van der Waals surface area contributed by atoms with Crippen LogP contribution in [0, 0.1) is 34.5 Å². The van der Waals surface area contributed by atoms with E-state index in [0.717, 1.165) is 25.7 Å². The van der Waals surface area contributed by atoms with Crippen molar-refractivity contribution in [2.45, 2.75) is 90.7 Å². The first-order valence-corrected chi connectivity index (χ1v) is 12.6. The molecule has 1 saturated heterocycles. The first-order chi connectivity index (χ1) is 15.4. The average Bonchev–Trinajstić information content (AvgIpc) is 3.28. The summed E-state index contributed by atoms with van der Waals surface area (Å²) in [5, 5.41) is 8.23. The van der Waals surface area contributed by atoms with E-state index in [1.54, 1.807) is 13.8 Å². The van der Waals surface area contributed by atoms with Gasteiger partial charge in [0.05, 0.1) is 0 Å². The van der Waals surface area contributed by atoms with Gasteiger partial charge in [0.1, 0.15) is 11.6 Å². The lowest BCUT2D eigenvalue weighted by Gasteiger charge is -2.57. The maximum atomic E-state index is 11.9. The molecular formula is C27H39NO5. The predicted octanol–water partition coefficient (Wildman–Crippen LogP) is 4.42. The summed E-state index contributed by atoms with van der Waals surface area (Å²) in [7, 11) is 0. The van der Waals surface area contributed by atoms with Crippen LogP contribution in [0.3, 0.4) is 0 Å². The van der Waals surface area contributed by atoms with Crippen molar-refractivity contribution in [3.63, 3.8) is 0 Å². The summed E-state index contributed by atoms with van der Waals surface area (Å²) in [6.45, 7) is 8.33. The second-order valence-electron chi connectivity index (χ2n) is 11.7. The summed E-state index contributed by atoms with van der Waals surface area (Å²) in [5.74, 6) is 1.17. The molecule has 0 radical (unpaired) electrons. The molecule has 6 heteroatoms. The van der Waals surface area contributed by atoms with Crippen LogP contribution in [0.5, 0.6) is 0 Å². The van der Waals surface area contributed by atoms with Crippen LogP contribution in [0.15, 0.2) is 23.8 Å². The Hall–Kier alpha value is -1.95. The number of aliphatic carboxylic acids is 1. The van der Waals surface area contributed by atoms with Crippen LogP contribution in [-0.4, -0.2) is 34.5 Å². The van der Waals surface area contributed by atoms with Gasteiger partial charge in [0, 0.05) is 18.3 Å². The van der Waals surface area contributed by atoms with Gasteiger partial charge in [0.15, 0.2) is 5.78 Å². The molecule has 33 heavy (non-hydrogen) atoms. The van der Waals surface area contributed by atoms with E-state index in [-0.39, 0.29) is 34.1 Å². The van der Waals surface area contributed by atoms with Gasteiger partial charge in [0.25, 0.3) is 0 Å². The number of carbonyl (C=O) groups excluding carboxylic acids is 2. The van der Waals surface area contributed by atoms with Crippen LogP contribution in [0.4, 0.5) is 0 Å². The van der Waals surface area contributed by atoms with Crippen molar-refractivity contribution >= 4 is 17.7 Å². The van der Waals surface area contributed by atoms with Crippen LogP contribution in [0.1, 0.15) is 79.1 Å². The second kappa shape index (κ2) is 8.37. The zero-order chi connectivity index (χ0) is 24.2. The molecule has 4 aliphatic carbocycles. The number of fused-ring (bicyclic) bond motifs is 6. The molecule has 5 rings (SSSR count). The summed E-state index contributed by atoms with van der Waals surface area (Å²) in [6.07, 6.45) is 14.3. The van der Waals surface area contributed by atoms with E-state index >= 15 is 0 Å². The Labute approximate surface area is 197 Å². The SMILES string of the molecule is CC(C)[C@H](N)C(=O)O.C[C@]12CCC(=O)C=C1C=C[C@@H]1[C@@H]2CC[C@@]2(C)[C@H]1CC[C@@]21CCC(=O)O1. The highest BCUT2D eigenvalue weighted by molar-refractivity contribution is 5.92. The lowest BCUT2D eigenvalue weighted by molar-refractivity contribution is -0.165. The second-order valence-corrected chi connectivity index (χ2v) is 11.7. The Bertz CT molecular complexity index is 906. The van der Waals surface area contributed by atoms with E-state index in [1.807, 2.05) is 6.08 Å². The van der Waals surface area contributed by atoms with Crippen LogP contribution in [-0.2, 0) is 19.1 Å². The molecule has 3 fully saturated rings. The van der Waals surface area contributed by atoms with Gasteiger partial charge in [-0.25, -0.2) is 0 Å². The van der Waals surface area contributed by atoms with E-state index in [0.29, 0.717) is 30.6 Å². The smallest absolute Gasteiger partial charge is 0.320 e. The molecule has 182 valence electrons. The summed E-state index contributed by atoms with van der Waals surface area (Å²) in [5.41, 5.74) is 6.48. The maximum absolute atomic E-state index is 11.9. The van der Waals surface area contributed by atoms with Crippen molar-refractivity contribution in [3.8, 4) is 0 Å². The molecule has 1 aliphatic heterocycles. The van der Waals surface area contributed by atoms with Gasteiger partial charge in [-0.15, -0.1) is 0 Å². The van der Waals surface area contributed by atoms with Crippen LogP contribution < -0.4 is 5.73 Å². The number of esters is 1. The molecule has 0 aromatic carbocycles. The molecule has 0 bridgehead atoms. The number of ketones is 1. The highest BCUT2D eigenvalue weighted by Gasteiger charge is 2.66. The first-order valence-electron chi connectivity index (χ1n) is 12.6. The van der Waals surface area contributed by atoms with Crippen LogP contribution >= 0.6 is 0 Å². The lowest BCUT2D eigenvalue weighted by atomic mass is 9.48. The number of nitrogens with two attached hydrogens (primary N) is 1. The molecule has 5 aliphatic rings. The number of allylic oxidation sites excluding steroid dienone is 4. The highest BCUT2D eigenvalue weighted by Crippen LogP contribution is 2.68. The molecule has 6 nitrogen and oxygen atoms in total. The van der Waals surface area contributed by atoms with Crippen molar-refractivity contribution in [1.82, 2.24) is 0 Å². The van der Waals surface area contributed by atoms with Gasteiger partial charge < -0.3 is 15.6 Å². The van der Waals surface area contributed by atoms with E-state index < -0.39 is 12.0 Å². The van der Waals surface area contributed by atoms with Crippen molar-refractivity contribution in [1.29, 1.82) is 0 Å². The number of carbonyl (C=O) groups is 3. The van der Waals surface area contributed by atoms with Gasteiger partial charge >= 0.3 is 11.9 Å². The fourth-order valence-corrected chi connectivity index (χ4v) is 7.58. The van der Waals surface area contributed by atoms with Crippen molar-refractivity contribution in [3.05, 3.63) is 23.8 Å². The first kappa shape index (κ1) is 24.2. The summed E-state index contributed by atoms with van der Waals surface area (Å²) >= 11 is 0. The lowest BCUT2D eigenvalue weighted by Crippen LogP contribution is -2.53. The molecule has 3 N–H and O–H groups in total. The highest BCUT2D eigenvalue weighted by atomic mass is 16.6. The number of carboxylic acid groups (broad SMARTS) is 1. The number of carboxylic acids is 1. The van der Waals surface area contributed by atoms with Crippen molar-refractivity contribution in [2.24, 2.45) is 40.2 Å². The van der Waals surface area contributed by atoms with Gasteiger partial charge in [-0.2, -0.15) is 0 Å². The van der Waals surface area contributed by atoms with E-state index in [2.05, 4.69) is 26.0 Å². The maximum Gasteiger partial charge on any atom is 0.320 e. The zero-order valence-electron chi connectivity index (χ0n) is 20.4. The molecule has 7 atom stereocenters. The number of ether oxygens (including phenoxy) is 1. The molecule has 0 unspecified atom stereocenters. The Kier molecular flexibility index (Phi) is 6.13. The minimum atomic E-state index is -0.931. The summed E-state index contributed by atoms with van der Waals surface area (Å²) < 4.78 is 5.99. The van der Waals surface area contributed by atoms with E-state index in [4.69, 9.17) is 15.6 Å². The Morgan fingerprint density at radius 1 is 1.09 bits per heavy atom. The Balaban J connectivity index is 0.000000281. The fourth-order valence-electron chi connectivity index (χ4n) is 7.58.